The van der Waals surface area contributed by atoms with Crippen LogP contribution in [0.25, 0.3) is 0 Å². The minimum Gasteiger partial charge on any atom is -0.300 e. The van der Waals surface area contributed by atoms with Gasteiger partial charge in [0.1, 0.15) is 5.78 Å². The Labute approximate surface area is 75.9 Å². The first-order chi connectivity index (χ1) is 5.81. The van der Waals surface area contributed by atoms with Crippen molar-refractivity contribution >= 4 is 5.78 Å². The van der Waals surface area contributed by atoms with E-state index >= 15 is 0 Å². The first-order valence-electron chi connectivity index (χ1n) is 4.98. The summed E-state index contributed by atoms with van der Waals surface area (Å²) in [4.78, 5) is 10.9. The Morgan fingerprint density at radius 3 is 2.50 bits per heavy atom. The van der Waals surface area contributed by atoms with E-state index in [0.29, 0.717) is 12.2 Å². The average Bonchev–Trinajstić information content (AvgIpc) is 2.10. The van der Waals surface area contributed by atoms with Gasteiger partial charge in [0.15, 0.2) is 0 Å². The summed E-state index contributed by atoms with van der Waals surface area (Å²) >= 11 is 0. The number of ketones is 1. The molecule has 0 fully saturated rings. The quantitative estimate of drug-likeness (QED) is 0.420. The number of hydrogen-bond acceptors (Lipinski definition) is 1. The molecule has 0 aromatic heterocycles. The highest BCUT2D eigenvalue weighted by Gasteiger charge is 1.95. The van der Waals surface area contributed by atoms with E-state index in [1.165, 1.54) is 0 Å². The third kappa shape index (κ3) is 7.52. The molecule has 0 aliphatic heterocycles. The van der Waals surface area contributed by atoms with Crippen LogP contribution in [0.4, 0.5) is 0 Å². The maximum absolute atomic E-state index is 10.9. The molecule has 0 N–H and O–H groups in total. The summed E-state index contributed by atoms with van der Waals surface area (Å²) in [7, 11) is 0. The van der Waals surface area contributed by atoms with Gasteiger partial charge >= 0.3 is 0 Å². The van der Waals surface area contributed by atoms with E-state index in [2.05, 4.69) is 19.1 Å². The van der Waals surface area contributed by atoms with Crippen molar-refractivity contribution in [3.05, 3.63) is 12.2 Å². The molecule has 0 aliphatic rings. The Bertz CT molecular complexity index is 136. The minimum absolute atomic E-state index is 0.398. The van der Waals surface area contributed by atoms with Crippen molar-refractivity contribution in [1.82, 2.24) is 0 Å². The van der Waals surface area contributed by atoms with Crippen molar-refractivity contribution in [1.29, 1.82) is 0 Å². The maximum atomic E-state index is 10.9. The first kappa shape index (κ1) is 11.4. The lowest BCUT2D eigenvalue weighted by Crippen LogP contribution is -1.93. The van der Waals surface area contributed by atoms with Gasteiger partial charge in [-0.3, -0.25) is 4.79 Å². The molecule has 0 saturated carbocycles. The van der Waals surface area contributed by atoms with Gasteiger partial charge in [-0.1, -0.05) is 26.0 Å². The fraction of sp³-hybridized carbons (Fsp3) is 0.727. The van der Waals surface area contributed by atoms with Gasteiger partial charge in [0.2, 0.25) is 0 Å². The topological polar surface area (TPSA) is 17.1 Å². The number of hydrogen-bond donors (Lipinski definition) is 0. The molecular formula is C11H20O. The number of allylic oxidation sites excluding steroid dienone is 2. The molecule has 0 unspecified atom stereocenters. The van der Waals surface area contributed by atoms with Crippen LogP contribution in [0.15, 0.2) is 12.2 Å². The van der Waals surface area contributed by atoms with Crippen molar-refractivity contribution in [2.75, 3.05) is 0 Å². The number of carbonyl (C=O) groups is 1. The lowest BCUT2D eigenvalue weighted by Gasteiger charge is -1.95. The zero-order valence-corrected chi connectivity index (χ0v) is 8.31. The van der Waals surface area contributed by atoms with Crippen LogP contribution < -0.4 is 0 Å². The Morgan fingerprint density at radius 1 is 1.17 bits per heavy atom. The van der Waals surface area contributed by atoms with Crippen molar-refractivity contribution in [2.45, 2.75) is 52.4 Å². The van der Waals surface area contributed by atoms with Gasteiger partial charge in [0, 0.05) is 12.8 Å². The van der Waals surface area contributed by atoms with Crippen molar-refractivity contribution in [3.63, 3.8) is 0 Å². The number of rotatable bonds is 7. The van der Waals surface area contributed by atoms with Crippen LogP contribution in [0.5, 0.6) is 0 Å². The highest BCUT2D eigenvalue weighted by atomic mass is 16.1. The summed E-state index contributed by atoms with van der Waals surface area (Å²) in [6, 6.07) is 0. The summed E-state index contributed by atoms with van der Waals surface area (Å²) in [6.45, 7) is 4.07. The van der Waals surface area contributed by atoms with Crippen LogP contribution in [0.3, 0.4) is 0 Å². The monoisotopic (exact) mass is 168 g/mol. The van der Waals surface area contributed by atoms with E-state index in [0.717, 1.165) is 32.1 Å². The summed E-state index contributed by atoms with van der Waals surface area (Å²) < 4.78 is 0. The molecule has 0 atom stereocenters. The van der Waals surface area contributed by atoms with Crippen molar-refractivity contribution in [3.8, 4) is 0 Å². The fourth-order valence-corrected chi connectivity index (χ4v) is 1.05. The Kier molecular flexibility index (Phi) is 8.09. The van der Waals surface area contributed by atoms with E-state index in [9.17, 15) is 4.79 Å². The minimum atomic E-state index is 0.398. The highest BCUT2D eigenvalue weighted by molar-refractivity contribution is 5.77. The predicted octanol–water partition coefficient (Wildman–Crippen LogP) is 3.49. The van der Waals surface area contributed by atoms with E-state index in [4.69, 9.17) is 0 Å². The molecule has 0 bridgehead atoms. The lowest BCUT2D eigenvalue weighted by molar-refractivity contribution is -0.118. The van der Waals surface area contributed by atoms with Gasteiger partial charge in [-0.2, -0.15) is 0 Å². The fourth-order valence-electron chi connectivity index (χ4n) is 1.05. The van der Waals surface area contributed by atoms with Crippen LogP contribution in [0, 0.1) is 0 Å². The standard InChI is InChI=1S/C11H20O/c1-3-5-6-7-8-9-10-11(12)4-2/h5-6H,3-4,7-10H2,1-2H3/b6-5+. The van der Waals surface area contributed by atoms with Crippen LogP contribution in [0.1, 0.15) is 52.4 Å². The third-order valence-electron chi connectivity index (χ3n) is 1.87. The molecule has 0 aromatic rings. The average molecular weight is 168 g/mol. The molecule has 0 spiro atoms. The molecule has 0 amide bonds. The van der Waals surface area contributed by atoms with Crippen LogP contribution >= 0.6 is 0 Å². The molecule has 1 nitrogen and oxygen atoms in total. The molecule has 70 valence electrons. The molecule has 0 rings (SSSR count). The van der Waals surface area contributed by atoms with E-state index in [-0.39, 0.29) is 0 Å². The Morgan fingerprint density at radius 2 is 1.92 bits per heavy atom. The molecule has 12 heavy (non-hydrogen) atoms. The molecule has 0 radical (unpaired) electrons. The predicted molar refractivity (Wildman–Crippen MR) is 53.2 cm³/mol. The van der Waals surface area contributed by atoms with Crippen molar-refractivity contribution < 1.29 is 4.79 Å². The first-order valence-corrected chi connectivity index (χ1v) is 4.98. The summed E-state index contributed by atoms with van der Waals surface area (Å²) in [6.07, 6.45) is 10.3. The van der Waals surface area contributed by atoms with Crippen LogP contribution in [-0.2, 0) is 4.79 Å². The second kappa shape index (κ2) is 8.51. The largest absolute Gasteiger partial charge is 0.300 e. The summed E-state index contributed by atoms with van der Waals surface area (Å²) in [5, 5.41) is 0. The second-order valence-corrected chi connectivity index (χ2v) is 3.02. The molecule has 1 heteroatoms. The zero-order valence-electron chi connectivity index (χ0n) is 8.31. The molecular weight excluding hydrogens is 148 g/mol. The van der Waals surface area contributed by atoms with Gasteiger partial charge in [-0.05, 0) is 25.7 Å². The molecule has 0 aliphatic carbocycles. The third-order valence-corrected chi connectivity index (χ3v) is 1.87. The van der Waals surface area contributed by atoms with Crippen molar-refractivity contribution in [2.24, 2.45) is 0 Å². The van der Waals surface area contributed by atoms with Crippen LogP contribution in [0.2, 0.25) is 0 Å². The van der Waals surface area contributed by atoms with Gasteiger partial charge in [-0.25, -0.2) is 0 Å². The SMILES string of the molecule is CC/C=C/CCCCC(=O)CC. The smallest absolute Gasteiger partial charge is 0.132 e. The van der Waals surface area contributed by atoms with Crippen LogP contribution in [-0.4, -0.2) is 5.78 Å². The second-order valence-electron chi connectivity index (χ2n) is 3.02. The van der Waals surface area contributed by atoms with E-state index < -0.39 is 0 Å². The molecule has 0 saturated heterocycles. The number of carbonyl (C=O) groups excluding carboxylic acids is 1. The lowest BCUT2D eigenvalue weighted by atomic mass is 10.1. The Balaban J connectivity index is 3.10. The summed E-state index contributed by atoms with van der Waals surface area (Å²) in [5.41, 5.74) is 0. The van der Waals surface area contributed by atoms with Gasteiger partial charge in [0.25, 0.3) is 0 Å². The van der Waals surface area contributed by atoms with E-state index in [1.807, 2.05) is 6.92 Å². The highest BCUT2D eigenvalue weighted by Crippen LogP contribution is 2.03. The normalized spacial score (nSPS) is 10.8. The van der Waals surface area contributed by atoms with E-state index in [1.54, 1.807) is 0 Å². The molecule has 0 aromatic carbocycles. The zero-order chi connectivity index (χ0) is 9.23. The Hall–Kier alpha value is -0.590. The van der Waals surface area contributed by atoms with Gasteiger partial charge in [-0.15, -0.1) is 0 Å². The molecule has 0 heterocycles. The maximum Gasteiger partial charge on any atom is 0.132 e. The van der Waals surface area contributed by atoms with Gasteiger partial charge < -0.3 is 0 Å². The number of unbranched alkanes of at least 4 members (excludes halogenated alkanes) is 2. The van der Waals surface area contributed by atoms with Gasteiger partial charge in [0.05, 0.1) is 0 Å². The summed E-state index contributed by atoms with van der Waals surface area (Å²) in [5.74, 6) is 0.398. The number of Topliss-reactive ketones (excluding diaryl/α,β-unsaturated/α-hetero) is 1.